The maximum atomic E-state index is 12.4. The molecule has 1 aliphatic heterocycles. The molecule has 0 aromatic heterocycles. The number of piperazine rings is 1. The monoisotopic (exact) mass is 270 g/mol. The molecular weight excluding hydrogens is 244 g/mol. The van der Waals surface area contributed by atoms with Crippen molar-refractivity contribution in [1.82, 2.24) is 20.4 Å². The van der Waals surface area contributed by atoms with Crippen molar-refractivity contribution >= 4 is 11.8 Å². The number of likely N-dealkylation sites (N-methyl/N-ethyl adjacent to an activating group) is 2. The van der Waals surface area contributed by atoms with Gasteiger partial charge >= 0.3 is 0 Å². The third kappa shape index (κ3) is 3.67. The molecule has 0 radical (unpaired) electrons. The molecule has 1 aliphatic rings. The van der Waals surface area contributed by atoms with Gasteiger partial charge in [-0.3, -0.25) is 14.5 Å². The Labute approximate surface area is 115 Å². The van der Waals surface area contributed by atoms with Crippen molar-refractivity contribution in [2.75, 3.05) is 39.8 Å². The highest BCUT2D eigenvalue weighted by Gasteiger charge is 2.35. The molecule has 19 heavy (non-hydrogen) atoms. The van der Waals surface area contributed by atoms with E-state index in [2.05, 4.69) is 10.6 Å². The molecule has 0 aromatic carbocycles. The second kappa shape index (κ2) is 7.45. The van der Waals surface area contributed by atoms with Crippen LogP contribution in [0, 0.1) is 0 Å². The SMILES string of the molecule is CCN(CC)C(=O)C(C)N1CCNCC1C(=O)NC. The molecule has 2 N–H and O–H groups in total. The van der Waals surface area contributed by atoms with Crippen molar-refractivity contribution in [2.45, 2.75) is 32.9 Å². The molecule has 1 saturated heterocycles. The van der Waals surface area contributed by atoms with E-state index in [4.69, 9.17) is 0 Å². The predicted octanol–water partition coefficient (Wildman–Crippen LogP) is -0.737. The van der Waals surface area contributed by atoms with Gasteiger partial charge in [-0.2, -0.15) is 0 Å². The van der Waals surface area contributed by atoms with Crippen molar-refractivity contribution in [1.29, 1.82) is 0 Å². The number of nitrogens with one attached hydrogen (secondary N) is 2. The fourth-order valence-corrected chi connectivity index (χ4v) is 2.53. The highest BCUT2D eigenvalue weighted by molar-refractivity contribution is 5.85. The van der Waals surface area contributed by atoms with E-state index in [1.54, 1.807) is 7.05 Å². The topological polar surface area (TPSA) is 64.7 Å². The van der Waals surface area contributed by atoms with Crippen LogP contribution >= 0.6 is 0 Å². The Morgan fingerprint density at radius 2 is 2.05 bits per heavy atom. The van der Waals surface area contributed by atoms with E-state index >= 15 is 0 Å². The molecule has 1 heterocycles. The minimum atomic E-state index is -0.270. The molecule has 0 aliphatic carbocycles. The van der Waals surface area contributed by atoms with Gasteiger partial charge in [-0.1, -0.05) is 0 Å². The lowest BCUT2D eigenvalue weighted by atomic mass is 10.1. The molecule has 1 fully saturated rings. The van der Waals surface area contributed by atoms with Crippen LogP contribution in [0.1, 0.15) is 20.8 Å². The Morgan fingerprint density at radius 1 is 1.42 bits per heavy atom. The summed E-state index contributed by atoms with van der Waals surface area (Å²) in [4.78, 5) is 28.1. The summed E-state index contributed by atoms with van der Waals surface area (Å²) in [5.41, 5.74) is 0. The van der Waals surface area contributed by atoms with Crippen molar-refractivity contribution in [3.8, 4) is 0 Å². The maximum Gasteiger partial charge on any atom is 0.239 e. The van der Waals surface area contributed by atoms with Gasteiger partial charge in [0.1, 0.15) is 6.04 Å². The van der Waals surface area contributed by atoms with E-state index in [0.717, 1.165) is 6.54 Å². The molecule has 0 saturated carbocycles. The fraction of sp³-hybridized carbons (Fsp3) is 0.846. The summed E-state index contributed by atoms with van der Waals surface area (Å²) < 4.78 is 0. The van der Waals surface area contributed by atoms with Gasteiger partial charge in [-0.05, 0) is 20.8 Å². The number of carbonyl (C=O) groups excluding carboxylic acids is 2. The molecule has 2 amide bonds. The highest BCUT2D eigenvalue weighted by Crippen LogP contribution is 2.11. The number of carbonyl (C=O) groups is 2. The zero-order valence-electron chi connectivity index (χ0n) is 12.4. The van der Waals surface area contributed by atoms with Gasteiger partial charge in [0.15, 0.2) is 0 Å². The second-order valence-corrected chi connectivity index (χ2v) is 4.76. The first kappa shape index (κ1) is 15.9. The maximum absolute atomic E-state index is 12.4. The largest absolute Gasteiger partial charge is 0.358 e. The van der Waals surface area contributed by atoms with Gasteiger partial charge < -0.3 is 15.5 Å². The van der Waals surface area contributed by atoms with Crippen LogP contribution in [0.15, 0.2) is 0 Å². The van der Waals surface area contributed by atoms with Crippen molar-refractivity contribution in [2.24, 2.45) is 0 Å². The van der Waals surface area contributed by atoms with Crippen LogP contribution in [0.5, 0.6) is 0 Å². The fourth-order valence-electron chi connectivity index (χ4n) is 2.53. The molecule has 2 atom stereocenters. The average Bonchev–Trinajstić information content (AvgIpc) is 2.46. The van der Waals surface area contributed by atoms with Gasteiger partial charge in [0.05, 0.1) is 6.04 Å². The molecule has 1 rings (SSSR count). The molecule has 0 bridgehead atoms. The van der Waals surface area contributed by atoms with E-state index in [-0.39, 0.29) is 23.9 Å². The van der Waals surface area contributed by atoms with Gasteiger partial charge in [0.2, 0.25) is 11.8 Å². The molecule has 110 valence electrons. The summed E-state index contributed by atoms with van der Waals surface area (Å²) in [5, 5.41) is 5.87. The molecule has 6 nitrogen and oxygen atoms in total. The average molecular weight is 270 g/mol. The Kier molecular flexibility index (Phi) is 6.24. The van der Waals surface area contributed by atoms with Gasteiger partial charge in [0, 0.05) is 39.8 Å². The number of rotatable bonds is 5. The first-order valence-electron chi connectivity index (χ1n) is 7.03. The summed E-state index contributed by atoms with van der Waals surface area (Å²) in [6.07, 6.45) is 0. The number of nitrogens with zero attached hydrogens (tertiary/aromatic N) is 2. The molecule has 0 spiro atoms. The third-order valence-electron chi connectivity index (χ3n) is 3.76. The van der Waals surface area contributed by atoms with E-state index in [1.165, 1.54) is 0 Å². The standard InChI is InChI=1S/C13H26N4O2/c1-5-16(6-2)13(19)10(3)17-8-7-15-9-11(17)12(18)14-4/h10-11,15H,5-9H2,1-4H3,(H,14,18). The normalized spacial score (nSPS) is 21.8. The third-order valence-corrected chi connectivity index (χ3v) is 3.76. The predicted molar refractivity (Wildman–Crippen MR) is 74.8 cm³/mol. The Hall–Kier alpha value is -1.14. The van der Waals surface area contributed by atoms with E-state index in [0.29, 0.717) is 26.2 Å². The minimum Gasteiger partial charge on any atom is -0.358 e. The Morgan fingerprint density at radius 3 is 2.58 bits per heavy atom. The Bertz CT molecular complexity index is 318. The summed E-state index contributed by atoms with van der Waals surface area (Å²) in [6.45, 7) is 9.37. The number of amides is 2. The molecule has 2 unspecified atom stereocenters. The summed E-state index contributed by atoms with van der Waals surface area (Å²) in [6, 6.07) is -0.530. The number of hydrogen-bond acceptors (Lipinski definition) is 4. The Balaban J connectivity index is 2.79. The first-order valence-corrected chi connectivity index (χ1v) is 7.03. The lowest BCUT2D eigenvalue weighted by Crippen LogP contribution is -2.62. The van der Waals surface area contributed by atoms with Crippen molar-refractivity contribution in [3.63, 3.8) is 0 Å². The van der Waals surface area contributed by atoms with E-state index in [9.17, 15) is 9.59 Å². The quantitative estimate of drug-likeness (QED) is 0.691. The molecule has 0 aromatic rings. The van der Waals surface area contributed by atoms with Crippen LogP contribution in [0.4, 0.5) is 0 Å². The van der Waals surface area contributed by atoms with Gasteiger partial charge in [0.25, 0.3) is 0 Å². The van der Waals surface area contributed by atoms with E-state index in [1.807, 2.05) is 30.6 Å². The second-order valence-electron chi connectivity index (χ2n) is 4.76. The first-order chi connectivity index (χ1) is 9.06. The van der Waals surface area contributed by atoms with Crippen LogP contribution in [-0.4, -0.2) is 73.5 Å². The molecule has 6 heteroatoms. The van der Waals surface area contributed by atoms with Crippen LogP contribution in [0.25, 0.3) is 0 Å². The van der Waals surface area contributed by atoms with Crippen LogP contribution in [0.2, 0.25) is 0 Å². The number of hydrogen-bond donors (Lipinski definition) is 2. The highest BCUT2D eigenvalue weighted by atomic mass is 16.2. The van der Waals surface area contributed by atoms with Crippen molar-refractivity contribution in [3.05, 3.63) is 0 Å². The molecular formula is C13H26N4O2. The zero-order valence-corrected chi connectivity index (χ0v) is 12.4. The summed E-state index contributed by atoms with van der Waals surface area (Å²) >= 11 is 0. The van der Waals surface area contributed by atoms with Gasteiger partial charge in [-0.15, -0.1) is 0 Å². The minimum absolute atomic E-state index is 0.0357. The lowest BCUT2D eigenvalue weighted by molar-refractivity contribution is -0.139. The van der Waals surface area contributed by atoms with Gasteiger partial charge in [-0.25, -0.2) is 0 Å². The van der Waals surface area contributed by atoms with Crippen molar-refractivity contribution < 1.29 is 9.59 Å². The van der Waals surface area contributed by atoms with E-state index < -0.39 is 0 Å². The van der Waals surface area contributed by atoms with Crippen LogP contribution in [-0.2, 0) is 9.59 Å². The van der Waals surface area contributed by atoms with Crippen LogP contribution in [0.3, 0.4) is 0 Å². The zero-order chi connectivity index (χ0) is 14.4. The smallest absolute Gasteiger partial charge is 0.239 e. The lowest BCUT2D eigenvalue weighted by Gasteiger charge is -2.39. The summed E-state index contributed by atoms with van der Waals surface area (Å²) in [5.74, 6) is 0.0622. The summed E-state index contributed by atoms with van der Waals surface area (Å²) in [7, 11) is 1.63. The van der Waals surface area contributed by atoms with Crippen LogP contribution < -0.4 is 10.6 Å².